The van der Waals surface area contributed by atoms with Crippen LogP contribution in [-0.2, 0) is 0 Å². The SMILES string of the molecule is Cc1cccc(OCCCSc2nnc(-c3ccncc3)n2-c2ccc(F)cc2)c1. The number of ether oxygens (including phenoxy) is 1. The number of aromatic nitrogens is 4. The molecule has 0 N–H and O–H groups in total. The standard InChI is InChI=1S/C23H21FN4OS/c1-17-4-2-5-21(16-17)29-14-3-15-30-23-27-26-22(18-10-12-25-13-11-18)28(23)20-8-6-19(24)7-9-20/h2,4-13,16H,3,14-15H2,1H3. The molecule has 0 spiro atoms. The molecule has 152 valence electrons. The topological polar surface area (TPSA) is 52.8 Å². The van der Waals surface area contributed by atoms with Gasteiger partial charge in [-0.05, 0) is 67.4 Å². The zero-order valence-electron chi connectivity index (χ0n) is 16.5. The zero-order valence-corrected chi connectivity index (χ0v) is 17.3. The lowest BCUT2D eigenvalue weighted by Gasteiger charge is -2.10. The van der Waals surface area contributed by atoms with Gasteiger partial charge in [0.25, 0.3) is 0 Å². The fourth-order valence-electron chi connectivity index (χ4n) is 2.99. The lowest BCUT2D eigenvalue weighted by molar-refractivity contribution is 0.318. The number of aryl methyl sites for hydroxylation is 1. The van der Waals surface area contributed by atoms with E-state index in [2.05, 4.69) is 15.2 Å². The molecule has 0 aliphatic carbocycles. The Balaban J connectivity index is 1.47. The summed E-state index contributed by atoms with van der Waals surface area (Å²) in [6.45, 7) is 2.67. The maximum absolute atomic E-state index is 13.4. The molecule has 0 unspecified atom stereocenters. The molecule has 7 heteroatoms. The molecule has 2 aromatic heterocycles. The third kappa shape index (κ3) is 4.86. The highest BCUT2D eigenvalue weighted by Crippen LogP contribution is 2.28. The first kappa shape index (κ1) is 20.1. The van der Waals surface area contributed by atoms with E-state index in [-0.39, 0.29) is 5.82 Å². The summed E-state index contributed by atoms with van der Waals surface area (Å²) in [5.41, 5.74) is 2.89. The number of pyridine rings is 1. The Bertz CT molecular complexity index is 1100. The highest BCUT2D eigenvalue weighted by Gasteiger charge is 2.16. The van der Waals surface area contributed by atoms with Crippen molar-refractivity contribution < 1.29 is 9.13 Å². The lowest BCUT2D eigenvalue weighted by atomic mass is 10.2. The van der Waals surface area contributed by atoms with Gasteiger partial charge in [-0.3, -0.25) is 9.55 Å². The molecular weight excluding hydrogens is 399 g/mol. The maximum Gasteiger partial charge on any atom is 0.196 e. The van der Waals surface area contributed by atoms with Crippen LogP contribution in [0.2, 0.25) is 0 Å². The Kier molecular flexibility index (Phi) is 6.39. The smallest absolute Gasteiger partial charge is 0.196 e. The van der Waals surface area contributed by atoms with Crippen molar-refractivity contribution in [1.29, 1.82) is 0 Å². The summed E-state index contributed by atoms with van der Waals surface area (Å²) in [5.74, 6) is 2.12. The molecule has 0 atom stereocenters. The van der Waals surface area contributed by atoms with Crippen LogP contribution >= 0.6 is 11.8 Å². The van der Waals surface area contributed by atoms with Crippen LogP contribution in [0.5, 0.6) is 5.75 Å². The Morgan fingerprint density at radius 2 is 1.80 bits per heavy atom. The maximum atomic E-state index is 13.4. The third-order valence-corrected chi connectivity index (χ3v) is 5.45. The predicted octanol–water partition coefficient (Wildman–Crippen LogP) is 5.34. The fraction of sp³-hybridized carbons (Fsp3) is 0.174. The molecule has 2 heterocycles. The fourth-order valence-corrected chi connectivity index (χ4v) is 3.86. The summed E-state index contributed by atoms with van der Waals surface area (Å²) >= 11 is 1.60. The summed E-state index contributed by atoms with van der Waals surface area (Å²) in [5, 5.41) is 9.51. The van der Waals surface area contributed by atoms with Crippen molar-refractivity contribution in [1.82, 2.24) is 19.7 Å². The molecule has 0 bridgehead atoms. The first-order chi connectivity index (χ1) is 14.7. The first-order valence-corrected chi connectivity index (χ1v) is 10.6. The van der Waals surface area contributed by atoms with Crippen LogP contribution < -0.4 is 4.74 Å². The molecule has 4 aromatic rings. The van der Waals surface area contributed by atoms with Gasteiger partial charge in [0.15, 0.2) is 11.0 Å². The van der Waals surface area contributed by atoms with Crippen LogP contribution in [0.4, 0.5) is 4.39 Å². The van der Waals surface area contributed by atoms with Crippen LogP contribution in [0.1, 0.15) is 12.0 Å². The number of rotatable bonds is 8. The quantitative estimate of drug-likeness (QED) is 0.285. The minimum absolute atomic E-state index is 0.278. The molecule has 0 amide bonds. The van der Waals surface area contributed by atoms with Gasteiger partial charge in [-0.25, -0.2) is 4.39 Å². The Labute approximate surface area is 179 Å². The summed E-state index contributed by atoms with van der Waals surface area (Å²) in [7, 11) is 0. The minimum atomic E-state index is -0.278. The number of nitrogens with zero attached hydrogens (tertiary/aromatic N) is 4. The summed E-state index contributed by atoms with van der Waals surface area (Å²) in [4.78, 5) is 4.07. The van der Waals surface area contributed by atoms with E-state index in [9.17, 15) is 4.39 Å². The Morgan fingerprint density at radius 3 is 2.57 bits per heavy atom. The van der Waals surface area contributed by atoms with Gasteiger partial charge in [0.2, 0.25) is 0 Å². The van der Waals surface area contributed by atoms with E-state index >= 15 is 0 Å². The number of hydrogen-bond donors (Lipinski definition) is 0. The highest BCUT2D eigenvalue weighted by atomic mass is 32.2. The van der Waals surface area contributed by atoms with E-state index in [0.29, 0.717) is 12.4 Å². The van der Waals surface area contributed by atoms with Crippen molar-refractivity contribution in [3.8, 4) is 22.8 Å². The van der Waals surface area contributed by atoms with E-state index in [1.54, 1.807) is 36.3 Å². The average Bonchev–Trinajstić information content (AvgIpc) is 3.19. The van der Waals surface area contributed by atoms with E-state index in [1.165, 1.54) is 17.7 Å². The third-order valence-electron chi connectivity index (χ3n) is 4.43. The molecular formula is C23H21FN4OS. The molecule has 0 aliphatic rings. The van der Waals surface area contributed by atoms with Crippen LogP contribution in [-0.4, -0.2) is 32.1 Å². The number of hydrogen-bond acceptors (Lipinski definition) is 5. The molecule has 0 saturated heterocycles. The second-order valence-electron chi connectivity index (χ2n) is 6.72. The molecule has 5 nitrogen and oxygen atoms in total. The van der Waals surface area contributed by atoms with Gasteiger partial charge >= 0.3 is 0 Å². The van der Waals surface area contributed by atoms with Crippen molar-refractivity contribution in [2.75, 3.05) is 12.4 Å². The van der Waals surface area contributed by atoms with E-state index < -0.39 is 0 Å². The highest BCUT2D eigenvalue weighted by molar-refractivity contribution is 7.99. The number of benzene rings is 2. The van der Waals surface area contributed by atoms with Gasteiger partial charge < -0.3 is 4.74 Å². The molecule has 0 saturated carbocycles. The largest absolute Gasteiger partial charge is 0.494 e. The number of thioether (sulfide) groups is 1. The molecule has 30 heavy (non-hydrogen) atoms. The van der Waals surface area contributed by atoms with Crippen LogP contribution in [0.15, 0.2) is 78.2 Å². The van der Waals surface area contributed by atoms with Crippen molar-refractivity contribution >= 4 is 11.8 Å². The normalized spacial score (nSPS) is 10.9. The monoisotopic (exact) mass is 420 g/mol. The van der Waals surface area contributed by atoms with Crippen molar-refractivity contribution in [3.63, 3.8) is 0 Å². The van der Waals surface area contributed by atoms with Crippen molar-refractivity contribution in [2.24, 2.45) is 0 Å². The summed E-state index contributed by atoms with van der Waals surface area (Å²) in [6.07, 6.45) is 4.29. The second-order valence-corrected chi connectivity index (χ2v) is 7.78. The average molecular weight is 421 g/mol. The van der Waals surface area contributed by atoms with Crippen LogP contribution in [0.3, 0.4) is 0 Å². The number of halogens is 1. The zero-order chi connectivity index (χ0) is 20.8. The predicted molar refractivity (Wildman–Crippen MR) is 117 cm³/mol. The summed E-state index contributed by atoms with van der Waals surface area (Å²) < 4.78 is 21.2. The van der Waals surface area contributed by atoms with Crippen LogP contribution in [0.25, 0.3) is 17.1 Å². The van der Waals surface area contributed by atoms with E-state index in [1.807, 2.05) is 47.9 Å². The lowest BCUT2D eigenvalue weighted by Crippen LogP contribution is -2.02. The minimum Gasteiger partial charge on any atom is -0.494 e. The van der Waals surface area contributed by atoms with Gasteiger partial charge in [-0.1, -0.05) is 23.9 Å². The van der Waals surface area contributed by atoms with Gasteiger partial charge in [0.05, 0.1) is 6.61 Å². The van der Waals surface area contributed by atoms with Crippen molar-refractivity contribution in [3.05, 3.63) is 84.4 Å². The van der Waals surface area contributed by atoms with E-state index in [4.69, 9.17) is 4.74 Å². The molecule has 0 fully saturated rings. The van der Waals surface area contributed by atoms with Gasteiger partial charge in [0.1, 0.15) is 11.6 Å². The second kappa shape index (κ2) is 9.54. The summed E-state index contributed by atoms with van der Waals surface area (Å²) in [6, 6.07) is 18.1. The van der Waals surface area contributed by atoms with Crippen LogP contribution in [0, 0.1) is 12.7 Å². The van der Waals surface area contributed by atoms with Gasteiger partial charge in [0, 0.05) is 29.4 Å². The Morgan fingerprint density at radius 1 is 1.00 bits per heavy atom. The van der Waals surface area contributed by atoms with Gasteiger partial charge in [-0.15, -0.1) is 10.2 Å². The van der Waals surface area contributed by atoms with Crippen molar-refractivity contribution in [2.45, 2.75) is 18.5 Å². The molecule has 0 radical (unpaired) electrons. The molecule has 2 aromatic carbocycles. The van der Waals surface area contributed by atoms with Gasteiger partial charge in [-0.2, -0.15) is 0 Å². The van der Waals surface area contributed by atoms with E-state index in [0.717, 1.165) is 34.3 Å². The first-order valence-electron chi connectivity index (χ1n) is 9.65. The molecule has 4 rings (SSSR count). The Hall–Kier alpha value is -3.19. The molecule has 0 aliphatic heterocycles.